The number of nitrogens with zero attached hydrogens (tertiary/aromatic N) is 1. The Kier molecular flexibility index (Phi) is 2.70. The van der Waals surface area contributed by atoms with E-state index in [1.165, 1.54) is 7.11 Å². The lowest BCUT2D eigenvalue weighted by atomic mass is 10.0. The number of hydrogen-bond acceptors (Lipinski definition) is 3. The van der Waals surface area contributed by atoms with Crippen LogP contribution in [0.2, 0.25) is 0 Å². The van der Waals surface area contributed by atoms with Gasteiger partial charge in [-0.2, -0.15) is 0 Å². The number of amides is 1. The molecule has 0 spiro atoms. The number of hydrogen-bond donors (Lipinski definition) is 1. The van der Waals surface area contributed by atoms with Crippen LogP contribution in [0.4, 0.5) is 4.79 Å². The monoisotopic (exact) mass is 158 g/mol. The molecule has 1 saturated heterocycles. The Balaban J connectivity index is 2.30. The van der Waals surface area contributed by atoms with Crippen molar-refractivity contribution in [2.24, 2.45) is 0 Å². The molecule has 1 N–H and O–H groups in total. The number of ether oxygens (including phenoxy) is 1. The van der Waals surface area contributed by atoms with E-state index in [1.807, 2.05) is 7.05 Å². The lowest BCUT2D eigenvalue weighted by molar-refractivity contribution is 0.0622. The molecule has 0 aromatic heterocycles. The molecule has 0 aromatic carbocycles. The second-order valence-corrected chi connectivity index (χ2v) is 2.66. The molecule has 4 heteroatoms. The normalized spacial score (nSPS) is 22.7. The summed E-state index contributed by atoms with van der Waals surface area (Å²) in [5.74, 6) is 0. The predicted molar refractivity (Wildman–Crippen MR) is 41.4 cm³/mol. The predicted octanol–water partition coefficient (Wildman–Crippen LogP) is 0.0465. The smallest absolute Gasteiger partial charge is 0.409 e. The van der Waals surface area contributed by atoms with Crippen molar-refractivity contribution in [3.63, 3.8) is 0 Å². The molecule has 1 rings (SSSR count). The molecule has 0 aliphatic carbocycles. The fourth-order valence-electron chi connectivity index (χ4n) is 1.25. The van der Waals surface area contributed by atoms with Crippen molar-refractivity contribution in [1.29, 1.82) is 0 Å². The van der Waals surface area contributed by atoms with Gasteiger partial charge in [-0.05, 0) is 13.5 Å². The van der Waals surface area contributed by atoms with Crippen LogP contribution in [-0.2, 0) is 4.74 Å². The van der Waals surface area contributed by atoms with Gasteiger partial charge in [0, 0.05) is 19.1 Å². The zero-order chi connectivity index (χ0) is 8.27. The molecule has 1 heterocycles. The number of likely N-dealkylation sites (tertiary alicyclic amines) is 1. The van der Waals surface area contributed by atoms with E-state index < -0.39 is 0 Å². The lowest BCUT2D eigenvalue weighted by Gasteiger charge is -2.39. The maximum absolute atomic E-state index is 11.0. The van der Waals surface area contributed by atoms with E-state index in [0.717, 1.165) is 19.5 Å². The van der Waals surface area contributed by atoms with Crippen molar-refractivity contribution >= 4 is 6.09 Å². The Morgan fingerprint density at radius 3 is 2.91 bits per heavy atom. The summed E-state index contributed by atoms with van der Waals surface area (Å²) in [4.78, 5) is 12.7. The highest BCUT2D eigenvalue weighted by Gasteiger charge is 2.31. The first-order valence-electron chi connectivity index (χ1n) is 3.78. The van der Waals surface area contributed by atoms with E-state index >= 15 is 0 Å². The van der Waals surface area contributed by atoms with E-state index in [9.17, 15) is 4.79 Å². The van der Waals surface area contributed by atoms with Gasteiger partial charge in [0.25, 0.3) is 0 Å². The third-order valence-corrected chi connectivity index (χ3v) is 1.99. The Bertz CT molecular complexity index is 149. The third kappa shape index (κ3) is 1.63. The molecule has 4 nitrogen and oxygen atoms in total. The fourth-order valence-corrected chi connectivity index (χ4v) is 1.25. The first-order valence-corrected chi connectivity index (χ1v) is 3.78. The molecular weight excluding hydrogens is 144 g/mol. The first-order chi connectivity index (χ1) is 5.29. The number of carbonyl (C=O) groups is 1. The molecule has 1 aliphatic rings. The summed E-state index contributed by atoms with van der Waals surface area (Å²) in [6.45, 7) is 1.69. The molecular formula is C7H14N2O2. The van der Waals surface area contributed by atoms with Crippen molar-refractivity contribution in [3.05, 3.63) is 0 Å². The van der Waals surface area contributed by atoms with Crippen LogP contribution in [-0.4, -0.2) is 44.3 Å². The minimum absolute atomic E-state index is 0.212. The highest BCUT2D eigenvalue weighted by Crippen LogP contribution is 2.16. The third-order valence-electron chi connectivity index (χ3n) is 1.99. The lowest BCUT2D eigenvalue weighted by Crippen LogP contribution is -2.54. The van der Waals surface area contributed by atoms with Crippen molar-refractivity contribution in [2.75, 3.05) is 27.2 Å². The van der Waals surface area contributed by atoms with Gasteiger partial charge in [-0.3, -0.25) is 0 Å². The summed E-state index contributed by atoms with van der Waals surface area (Å²) in [6, 6.07) is 0.340. The molecule has 1 aliphatic heterocycles. The fraction of sp³-hybridized carbons (Fsp3) is 0.857. The van der Waals surface area contributed by atoms with E-state index in [1.54, 1.807) is 4.90 Å². The van der Waals surface area contributed by atoms with Gasteiger partial charge in [0.1, 0.15) is 0 Å². The zero-order valence-corrected chi connectivity index (χ0v) is 6.96. The van der Waals surface area contributed by atoms with Crippen LogP contribution in [0.5, 0.6) is 0 Å². The molecule has 1 amide bonds. The number of carbonyl (C=O) groups excluding carboxylic acids is 1. The topological polar surface area (TPSA) is 41.6 Å². The Hall–Kier alpha value is -0.770. The standard InChI is InChI=1S/C7H14N2O2/c1-8-5-6-3-4-9(6)7(10)11-2/h6,8H,3-5H2,1-2H3. The molecule has 64 valence electrons. The minimum Gasteiger partial charge on any atom is -0.453 e. The van der Waals surface area contributed by atoms with Crippen molar-refractivity contribution < 1.29 is 9.53 Å². The quantitative estimate of drug-likeness (QED) is 0.617. The molecule has 0 aromatic rings. The summed E-state index contributed by atoms with van der Waals surface area (Å²) in [5, 5.41) is 3.03. The summed E-state index contributed by atoms with van der Waals surface area (Å²) in [7, 11) is 3.30. The van der Waals surface area contributed by atoms with Gasteiger partial charge in [-0.1, -0.05) is 0 Å². The van der Waals surface area contributed by atoms with Gasteiger partial charge in [0.05, 0.1) is 7.11 Å². The van der Waals surface area contributed by atoms with Crippen LogP contribution in [0.25, 0.3) is 0 Å². The van der Waals surface area contributed by atoms with Crippen molar-refractivity contribution in [2.45, 2.75) is 12.5 Å². The zero-order valence-electron chi connectivity index (χ0n) is 6.96. The van der Waals surface area contributed by atoms with Gasteiger partial charge in [-0.25, -0.2) is 4.79 Å². The molecule has 1 fully saturated rings. The van der Waals surface area contributed by atoms with Gasteiger partial charge >= 0.3 is 6.09 Å². The maximum atomic E-state index is 11.0. The Morgan fingerprint density at radius 1 is 1.82 bits per heavy atom. The average molecular weight is 158 g/mol. The Labute approximate surface area is 66.5 Å². The minimum atomic E-state index is -0.212. The van der Waals surface area contributed by atoms with Crippen molar-refractivity contribution in [1.82, 2.24) is 10.2 Å². The van der Waals surface area contributed by atoms with Crippen LogP contribution in [0.3, 0.4) is 0 Å². The number of methoxy groups -OCH3 is 1. The van der Waals surface area contributed by atoms with E-state index in [-0.39, 0.29) is 6.09 Å². The van der Waals surface area contributed by atoms with Crippen LogP contribution >= 0.6 is 0 Å². The van der Waals surface area contributed by atoms with E-state index in [4.69, 9.17) is 0 Å². The van der Waals surface area contributed by atoms with E-state index in [2.05, 4.69) is 10.1 Å². The number of likely N-dealkylation sites (N-methyl/N-ethyl adjacent to an activating group) is 1. The summed E-state index contributed by atoms with van der Waals surface area (Å²) < 4.78 is 4.59. The van der Waals surface area contributed by atoms with Crippen LogP contribution in [0.1, 0.15) is 6.42 Å². The average Bonchev–Trinajstić information content (AvgIpc) is 1.98. The second-order valence-electron chi connectivity index (χ2n) is 2.66. The molecule has 0 radical (unpaired) electrons. The van der Waals surface area contributed by atoms with E-state index in [0.29, 0.717) is 6.04 Å². The van der Waals surface area contributed by atoms with Crippen LogP contribution in [0, 0.1) is 0 Å². The second kappa shape index (κ2) is 3.57. The van der Waals surface area contributed by atoms with Gasteiger partial charge in [0.2, 0.25) is 0 Å². The molecule has 0 saturated carbocycles. The molecule has 1 atom stereocenters. The Morgan fingerprint density at radius 2 is 2.55 bits per heavy atom. The highest BCUT2D eigenvalue weighted by atomic mass is 16.5. The molecule has 11 heavy (non-hydrogen) atoms. The van der Waals surface area contributed by atoms with Crippen molar-refractivity contribution in [3.8, 4) is 0 Å². The first kappa shape index (κ1) is 8.33. The summed E-state index contributed by atoms with van der Waals surface area (Å²) in [6.07, 6.45) is 0.868. The van der Waals surface area contributed by atoms with Gasteiger partial charge in [-0.15, -0.1) is 0 Å². The molecule has 1 unspecified atom stereocenters. The van der Waals surface area contributed by atoms with Gasteiger partial charge < -0.3 is 15.0 Å². The maximum Gasteiger partial charge on any atom is 0.409 e. The SMILES string of the molecule is CNCC1CCN1C(=O)OC. The largest absolute Gasteiger partial charge is 0.453 e. The highest BCUT2D eigenvalue weighted by molar-refractivity contribution is 5.68. The number of nitrogens with one attached hydrogen (secondary N) is 1. The van der Waals surface area contributed by atoms with Crippen LogP contribution < -0.4 is 5.32 Å². The summed E-state index contributed by atoms with van der Waals surface area (Å²) >= 11 is 0. The number of rotatable bonds is 2. The molecule has 0 bridgehead atoms. The van der Waals surface area contributed by atoms with Crippen LogP contribution in [0.15, 0.2) is 0 Å². The van der Waals surface area contributed by atoms with Gasteiger partial charge in [0.15, 0.2) is 0 Å². The summed E-state index contributed by atoms with van der Waals surface area (Å²) in [5.41, 5.74) is 0.